The van der Waals surface area contributed by atoms with E-state index in [9.17, 15) is 9.59 Å². The van der Waals surface area contributed by atoms with Gasteiger partial charge in [0.1, 0.15) is 13.4 Å². The summed E-state index contributed by atoms with van der Waals surface area (Å²) in [6.45, 7) is 13.6. The zero-order valence-electron chi connectivity index (χ0n) is 37.7. The van der Waals surface area contributed by atoms with Gasteiger partial charge in [-0.1, -0.05) is 180 Å². The van der Waals surface area contributed by atoms with Crippen molar-refractivity contribution in [2.24, 2.45) is 11.3 Å². The molecule has 0 heterocycles. The van der Waals surface area contributed by atoms with Gasteiger partial charge >= 0.3 is 11.9 Å². The van der Waals surface area contributed by atoms with Crippen LogP contribution in [-0.4, -0.2) is 59.6 Å². The number of unbranched alkanes of at least 4 members (excludes halogenated alkanes) is 4. The Morgan fingerprint density at radius 1 is 0.774 bits per heavy atom. The third-order valence-electron chi connectivity index (χ3n) is 13.1. The highest BCUT2D eigenvalue weighted by molar-refractivity contribution is 6.99. The number of ether oxygens (including phenoxy) is 4. The van der Waals surface area contributed by atoms with Crippen LogP contribution in [0.3, 0.4) is 0 Å². The lowest BCUT2D eigenvalue weighted by Gasteiger charge is -2.43. The lowest BCUT2D eigenvalue weighted by Crippen LogP contribution is -2.67. The molecule has 1 saturated carbocycles. The van der Waals surface area contributed by atoms with Gasteiger partial charge in [0.15, 0.2) is 6.10 Å². The minimum atomic E-state index is -2.88. The number of rotatable bonds is 23. The minimum Gasteiger partial charge on any atom is -0.462 e. The summed E-state index contributed by atoms with van der Waals surface area (Å²) in [6, 6.07) is 42.3. The predicted octanol–water partition coefficient (Wildman–Crippen LogP) is 11.1. The molecule has 0 aromatic heterocycles. The van der Waals surface area contributed by atoms with Crippen LogP contribution in [0.4, 0.5) is 0 Å². The Labute approximate surface area is 372 Å². The van der Waals surface area contributed by atoms with E-state index in [0.29, 0.717) is 19.1 Å². The molecule has 3 unspecified atom stereocenters. The van der Waals surface area contributed by atoms with Crippen LogP contribution in [0, 0.1) is 11.3 Å². The number of hydrogen-bond acceptors (Lipinski definition) is 7. The van der Waals surface area contributed by atoms with Gasteiger partial charge in [-0.2, -0.15) is 0 Å². The number of fused-ring (bicyclic) bond motifs is 1. The Morgan fingerprint density at radius 2 is 1.35 bits per heavy atom. The van der Waals surface area contributed by atoms with Crippen LogP contribution < -0.4 is 10.4 Å². The predicted molar refractivity (Wildman–Crippen MR) is 252 cm³/mol. The fourth-order valence-electron chi connectivity index (χ4n) is 10.2. The van der Waals surface area contributed by atoms with E-state index in [1.165, 1.54) is 27.8 Å². The van der Waals surface area contributed by atoms with Crippen LogP contribution in [-0.2, 0) is 33.0 Å². The number of allylic oxidation sites excluding steroid dienone is 3. The van der Waals surface area contributed by atoms with Gasteiger partial charge in [0.05, 0.1) is 12.7 Å². The van der Waals surface area contributed by atoms with E-state index in [1.54, 1.807) is 14.0 Å². The monoisotopic (exact) mass is 856 g/mol. The molecule has 4 aromatic carbocycles. The van der Waals surface area contributed by atoms with Crippen molar-refractivity contribution in [1.82, 2.24) is 0 Å². The van der Waals surface area contributed by atoms with Crippen molar-refractivity contribution in [2.45, 2.75) is 116 Å². The molecule has 0 N–H and O–H groups in total. The summed E-state index contributed by atoms with van der Waals surface area (Å²) in [6.07, 6.45) is 8.81. The van der Waals surface area contributed by atoms with E-state index in [0.717, 1.165) is 68.2 Å². The zero-order valence-corrected chi connectivity index (χ0v) is 38.7. The molecule has 2 aliphatic rings. The maximum absolute atomic E-state index is 13.1. The number of methoxy groups -OCH3 is 1. The van der Waals surface area contributed by atoms with E-state index >= 15 is 0 Å². The molecule has 0 bridgehead atoms. The van der Waals surface area contributed by atoms with E-state index in [4.69, 9.17) is 30.0 Å². The molecule has 0 aliphatic heterocycles. The Kier molecular flexibility index (Phi) is 16.8. The molecule has 4 atom stereocenters. The lowest BCUT2D eigenvalue weighted by molar-refractivity contribution is -0.160. The van der Waals surface area contributed by atoms with Crippen LogP contribution >= 0.6 is 0 Å². The summed E-state index contributed by atoms with van der Waals surface area (Å²) >= 11 is 0. The summed E-state index contributed by atoms with van der Waals surface area (Å²) in [5, 5.41) is 2.02. The summed E-state index contributed by atoms with van der Waals surface area (Å²) in [5.74, 6) is -0.327. The largest absolute Gasteiger partial charge is 0.462 e. The third kappa shape index (κ3) is 10.8. The average molecular weight is 857 g/mol. The van der Waals surface area contributed by atoms with Crippen molar-refractivity contribution in [3.63, 3.8) is 0 Å². The number of carbonyl (C=O) groups excluding carboxylic acids is 2. The quantitative estimate of drug-likeness (QED) is 0.0318. The number of carbonyl (C=O) groups is 2. The highest BCUT2D eigenvalue weighted by atomic mass is 28.4. The normalized spacial score (nSPS) is 19.2. The van der Waals surface area contributed by atoms with Crippen LogP contribution in [0.5, 0.6) is 0 Å². The second kappa shape index (κ2) is 22.1. The average Bonchev–Trinajstić information content (AvgIpc) is 3.82. The molecule has 8 heteroatoms. The van der Waals surface area contributed by atoms with Gasteiger partial charge in [0.2, 0.25) is 0 Å². The van der Waals surface area contributed by atoms with Crippen molar-refractivity contribution in [2.75, 3.05) is 27.1 Å². The highest BCUT2D eigenvalue weighted by Crippen LogP contribution is 2.66. The molecule has 0 radical (unpaired) electrons. The van der Waals surface area contributed by atoms with Crippen molar-refractivity contribution in [1.29, 1.82) is 0 Å². The Bertz CT molecular complexity index is 2020. The summed E-state index contributed by atoms with van der Waals surface area (Å²) < 4.78 is 30.4. The van der Waals surface area contributed by atoms with Gasteiger partial charge in [0.25, 0.3) is 8.32 Å². The molecule has 0 spiro atoms. The second-order valence-electron chi connectivity index (χ2n) is 18.0. The fraction of sp³-hybridized carbons (Fsp3) is 0.444. The van der Waals surface area contributed by atoms with Crippen LogP contribution in [0.2, 0.25) is 5.04 Å². The highest BCUT2D eigenvalue weighted by Gasteiger charge is 2.57. The van der Waals surface area contributed by atoms with Gasteiger partial charge in [-0.3, -0.25) is 9.59 Å². The Hall–Kier alpha value is -4.60. The van der Waals surface area contributed by atoms with E-state index < -0.39 is 14.4 Å². The first-order chi connectivity index (χ1) is 30.0. The second-order valence-corrected chi connectivity index (χ2v) is 22.3. The summed E-state index contributed by atoms with van der Waals surface area (Å²) in [4.78, 5) is 25.7. The van der Waals surface area contributed by atoms with E-state index in [1.807, 2.05) is 36.4 Å². The standard InChI is InChI=1S/C54H68O7Si/c1-7-50(55)61-45(39-60-62(53(3,4)5,46-30-20-13-21-31-46)47-32-22-14-23-33-47)38-58-51(56)34-24-10-8-9-15-29-44-37-48-49(59-40-57-6)35-36-54(48,41(2)42-25-16-11-17-26-42)52(44)43-27-18-12-19-28-43/h11-14,16-23,25-28,30-33,45,48-49H,2,7-10,15,24,29,34-40H2,1,3-6H3/t45-,48?,49?,54?/m1/s1. The van der Waals surface area contributed by atoms with Gasteiger partial charge in [-0.15, -0.1) is 0 Å². The Morgan fingerprint density at radius 3 is 1.95 bits per heavy atom. The van der Waals surface area contributed by atoms with Crippen molar-refractivity contribution < 1.29 is 33.0 Å². The van der Waals surface area contributed by atoms with Gasteiger partial charge in [-0.05, 0) is 76.2 Å². The molecule has 6 rings (SSSR count). The SMILES string of the molecule is C=C(c1ccccc1)C12CCC(OCOC)C1CC(CCCCCCCC(=O)OC[C@H](CO[Si](c1ccccc1)(c1ccccc1)C(C)(C)C)OC(=O)CC)=C2c1ccccc1. The van der Waals surface area contributed by atoms with Crippen LogP contribution in [0.15, 0.2) is 133 Å². The molecule has 1 fully saturated rings. The molecule has 7 nitrogen and oxygen atoms in total. The number of hydrogen-bond donors (Lipinski definition) is 0. The molecule has 4 aromatic rings. The molecule has 330 valence electrons. The van der Waals surface area contributed by atoms with Crippen molar-refractivity contribution >= 4 is 41.8 Å². The molecular formula is C54H68O7Si. The number of esters is 2. The smallest absolute Gasteiger partial charge is 0.305 e. The molecular weight excluding hydrogens is 789 g/mol. The van der Waals surface area contributed by atoms with E-state index in [-0.39, 0.29) is 48.1 Å². The number of benzene rings is 4. The minimum absolute atomic E-state index is 0.0435. The fourth-order valence-corrected chi connectivity index (χ4v) is 14.8. The molecule has 0 amide bonds. The van der Waals surface area contributed by atoms with Crippen molar-refractivity contribution in [3.8, 4) is 0 Å². The maximum Gasteiger partial charge on any atom is 0.305 e. The lowest BCUT2D eigenvalue weighted by atomic mass is 9.66. The first kappa shape index (κ1) is 46.9. The third-order valence-corrected chi connectivity index (χ3v) is 18.1. The van der Waals surface area contributed by atoms with Gasteiger partial charge in [0, 0.05) is 31.3 Å². The first-order valence-electron chi connectivity index (χ1n) is 22.8. The van der Waals surface area contributed by atoms with Crippen LogP contribution in [0.1, 0.15) is 109 Å². The van der Waals surface area contributed by atoms with Gasteiger partial charge in [-0.25, -0.2) is 0 Å². The summed E-state index contributed by atoms with van der Waals surface area (Å²) in [7, 11) is -1.19. The topological polar surface area (TPSA) is 80.3 Å². The van der Waals surface area contributed by atoms with Crippen LogP contribution in [0.25, 0.3) is 11.1 Å². The molecule has 0 saturated heterocycles. The molecule has 62 heavy (non-hydrogen) atoms. The van der Waals surface area contributed by atoms with Gasteiger partial charge < -0.3 is 23.4 Å². The zero-order chi connectivity index (χ0) is 44.0. The summed E-state index contributed by atoms with van der Waals surface area (Å²) in [5.41, 5.74) is 6.44. The van der Waals surface area contributed by atoms with Crippen molar-refractivity contribution in [3.05, 3.63) is 145 Å². The molecule has 2 aliphatic carbocycles. The van der Waals surface area contributed by atoms with E-state index in [2.05, 4.69) is 106 Å². The first-order valence-corrected chi connectivity index (χ1v) is 24.7. The maximum atomic E-state index is 13.1. The Balaban J connectivity index is 1.04.